The Kier molecular flexibility index (Phi) is 3.89. The first kappa shape index (κ1) is 14.4. The Balaban J connectivity index is 2.07. The van der Waals surface area contributed by atoms with E-state index in [1.165, 1.54) is 6.42 Å². The molecule has 1 saturated heterocycles. The van der Waals surface area contributed by atoms with E-state index < -0.39 is 0 Å². The molecule has 0 bridgehead atoms. The van der Waals surface area contributed by atoms with E-state index in [1.807, 2.05) is 23.6 Å². The molecule has 3 nitrogen and oxygen atoms in total. The molecule has 0 N–H and O–H groups in total. The maximum atomic E-state index is 12.8. The van der Waals surface area contributed by atoms with Gasteiger partial charge in [0.15, 0.2) is 0 Å². The van der Waals surface area contributed by atoms with Crippen molar-refractivity contribution in [2.75, 3.05) is 25.1 Å². The average Bonchev–Trinajstić information content (AvgIpc) is 2.46. The van der Waals surface area contributed by atoms with Crippen LogP contribution in [-0.2, 0) is 0 Å². The van der Waals surface area contributed by atoms with Crippen molar-refractivity contribution in [2.24, 2.45) is 11.8 Å². The van der Waals surface area contributed by atoms with E-state index in [2.05, 4.69) is 18.7 Å². The Hall–Kier alpha value is -1.55. The highest BCUT2D eigenvalue weighted by Crippen LogP contribution is 2.28. The summed E-state index contributed by atoms with van der Waals surface area (Å²) in [6, 6.07) is 5.73. The summed E-state index contributed by atoms with van der Waals surface area (Å²) in [6.07, 6.45) is 1.25. The SMILES string of the molecule is COc1ccc2scc(N3C[C@@H](C)C[C@H](C)C3)c(=O)c2c1. The van der Waals surface area contributed by atoms with Crippen molar-refractivity contribution >= 4 is 27.1 Å². The number of methoxy groups -OCH3 is 1. The molecule has 3 rings (SSSR count). The molecule has 0 spiro atoms. The number of piperidine rings is 1. The molecule has 2 atom stereocenters. The van der Waals surface area contributed by atoms with Crippen LogP contribution in [0.1, 0.15) is 20.3 Å². The van der Waals surface area contributed by atoms with Crippen molar-refractivity contribution in [1.29, 1.82) is 0 Å². The van der Waals surface area contributed by atoms with Crippen LogP contribution in [0.4, 0.5) is 5.69 Å². The van der Waals surface area contributed by atoms with Gasteiger partial charge in [0.25, 0.3) is 0 Å². The van der Waals surface area contributed by atoms with Gasteiger partial charge in [0.1, 0.15) is 5.75 Å². The minimum atomic E-state index is 0.129. The summed E-state index contributed by atoms with van der Waals surface area (Å²) in [5, 5.41) is 2.78. The van der Waals surface area contributed by atoms with Gasteiger partial charge in [-0.25, -0.2) is 0 Å². The highest BCUT2D eigenvalue weighted by atomic mass is 32.1. The van der Waals surface area contributed by atoms with Crippen molar-refractivity contribution in [1.82, 2.24) is 0 Å². The average molecular weight is 303 g/mol. The Bertz CT molecular complexity index is 699. The van der Waals surface area contributed by atoms with E-state index >= 15 is 0 Å². The van der Waals surface area contributed by atoms with Gasteiger partial charge in [-0.05, 0) is 36.5 Å². The monoisotopic (exact) mass is 303 g/mol. The molecule has 1 aliphatic rings. The first-order valence-electron chi connectivity index (χ1n) is 7.43. The van der Waals surface area contributed by atoms with Crippen LogP contribution >= 0.6 is 11.3 Å². The summed E-state index contributed by atoms with van der Waals surface area (Å²) in [4.78, 5) is 15.1. The topological polar surface area (TPSA) is 29.5 Å². The van der Waals surface area contributed by atoms with Gasteiger partial charge < -0.3 is 9.64 Å². The molecule has 21 heavy (non-hydrogen) atoms. The predicted molar refractivity (Wildman–Crippen MR) is 89.8 cm³/mol. The van der Waals surface area contributed by atoms with Gasteiger partial charge >= 0.3 is 0 Å². The summed E-state index contributed by atoms with van der Waals surface area (Å²) in [5.74, 6) is 2.02. The Morgan fingerprint density at radius 1 is 1.24 bits per heavy atom. The van der Waals surface area contributed by atoms with Gasteiger partial charge in [0.05, 0.1) is 12.8 Å². The van der Waals surface area contributed by atoms with E-state index in [1.54, 1.807) is 18.4 Å². The number of ether oxygens (including phenoxy) is 1. The summed E-state index contributed by atoms with van der Waals surface area (Å²) in [5.41, 5.74) is 0.975. The number of hydrogen-bond donors (Lipinski definition) is 0. The van der Waals surface area contributed by atoms with Gasteiger partial charge in [0, 0.05) is 28.6 Å². The Morgan fingerprint density at radius 3 is 2.62 bits per heavy atom. The number of hydrogen-bond acceptors (Lipinski definition) is 4. The number of anilines is 1. The van der Waals surface area contributed by atoms with Crippen molar-refractivity contribution in [3.05, 3.63) is 33.8 Å². The Labute approximate surface area is 129 Å². The normalized spacial score (nSPS) is 22.5. The number of fused-ring (bicyclic) bond motifs is 1. The minimum Gasteiger partial charge on any atom is -0.497 e. The largest absolute Gasteiger partial charge is 0.497 e. The predicted octanol–water partition coefficient (Wildman–Crippen LogP) is 3.75. The quantitative estimate of drug-likeness (QED) is 0.846. The molecule has 1 aliphatic heterocycles. The van der Waals surface area contributed by atoms with E-state index in [9.17, 15) is 4.79 Å². The van der Waals surface area contributed by atoms with Crippen molar-refractivity contribution in [3.8, 4) is 5.75 Å². The molecule has 1 aromatic heterocycles. The van der Waals surface area contributed by atoms with Crippen molar-refractivity contribution in [3.63, 3.8) is 0 Å². The van der Waals surface area contributed by atoms with Gasteiger partial charge in [-0.1, -0.05) is 13.8 Å². The lowest BCUT2D eigenvalue weighted by molar-refractivity contribution is 0.356. The lowest BCUT2D eigenvalue weighted by Crippen LogP contribution is -2.40. The van der Waals surface area contributed by atoms with Gasteiger partial charge in [0.2, 0.25) is 5.43 Å². The van der Waals surface area contributed by atoms with Crippen LogP contribution in [0.15, 0.2) is 28.4 Å². The lowest BCUT2D eigenvalue weighted by Gasteiger charge is -2.36. The van der Waals surface area contributed by atoms with E-state index in [0.29, 0.717) is 11.8 Å². The molecule has 0 amide bonds. The maximum absolute atomic E-state index is 12.8. The summed E-state index contributed by atoms with van der Waals surface area (Å²) >= 11 is 1.64. The molecular formula is C17H21NO2S. The zero-order chi connectivity index (χ0) is 15.0. The minimum absolute atomic E-state index is 0.129. The van der Waals surface area contributed by atoms with Crippen LogP contribution < -0.4 is 15.1 Å². The maximum Gasteiger partial charge on any atom is 0.211 e. The molecule has 1 aromatic carbocycles. The van der Waals surface area contributed by atoms with E-state index in [0.717, 1.165) is 34.6 Å². The highest BCUT2D eigenvalue weighted by Gasteiger charge is 2.24. The van der Waals surface area contributed by atoms with Crippen LogP contribution in [0.25, 0.3) is 10.1 Å². The third-order valence-corrected chi connectivity index (χ3v) is 5.12. The summed E-state index contributed by atoms with van der Waals surface area (Å²) < 4.78 is 6.27. The van der Waals surface area contributed by atoms with Gasteiger partial charge in [-0.15, -0.1) is 11.3 Å². The molecule has 0 aliphatic carbocycles. The van der Waals surface area contributed by atoms with Crippen LogP contribution in [-0.4, -0.2) is 20.2 Å². The number of nitrogens with zero attached hydrogens (tertiary/aromatic N) is 1. The standard InChI is InChI=1S/C17H21NO2S/c1-11-6-12(2)9-18(8-11)15-10-21-16-5-4-13(20-3)7-14(16)17(15)19/h4-5,7,10-12H,6,8-9H2,1-3H3/t11-,12-/m0/s1. The van der Waals surface area contributed by atoms with Crippen LogP contribution in [0.2, 0.25) is 0 Å². The first-order chi connectivity index (χ1) is 10.1. The second-order valence-corrected chi connectivity index (χ2v) is 7.07. The smallest absolute Gasteiger partial charge is 0.211 e. The molecule has 4 heteroatoms. The lowest BCUT2D eigenvalue weighted by atomic mass is 9.91. The number of rotatable bonds is 2. The Morgan fingerprint density at radius 2 is 1.95 bits per heavy atom. The van der Waals surface area contributed by atoms with Crippen LogP contribution in [0, 0.1) is 11.8 Å². The van der Waals surface area contributed by atoms with Crippen LogP contribution in [0.3, 0.4) is 0 Å². The fourth-order valence-electron chi connectivity index (χ4n) is 3.30. The number of benzene rings is 1. The van der Waals surface area contributed by atoms with E-state index in [-0.39, 0.29) is 5.43 Å². The van der Waals surface area contributed by atoms with E-state index in [4.69, 9.17) is 4.74 Å². The van der Waals surface area contributed by atoms with Crippen molar-refractivity contribution in [2.45, 2.75) is 20.3 Å². The molecule has 1 fully saturated rings. The molecule has 112 valence electrons. The van der Waals surface area contributed by atoms with Crippen LogP contribution in [0.5, 0.6) is 5.75 Å². The second-order valence-electron chi connectivity index (χ2n) is 6.16. The molecule has 0 saturated carbocycles. The highest BCUT2D eigenvalue weighted by molar-refractivity contribution is 7.16. The molecular weight excluding hydrogens is 282 g/mol. The van der Waals surface area contributed by atoms with Gasteiger partial charge in [-0.3, -0.25) is 4.79 Å². The fourth-order valence-corrected chi connectivity index (χ4v) is 4.22. The molecule has 0 unspecified atom stereocenters. The third-order valence-electron chi connectivity index (χ3n) is 4.17. The molecule has 2 aromatic rings. The zero-order valence-corrected chi connectivity index (χ0v) is 13.6. The first-order valence-corrected chi connectivity index (χ1v) is 8.31. The summed E-state index contributed by atoms with van der Waals surface area (Å²) in [6.45, 7) is 6.48. The van der Waals surface area contributed by atoms with Gasteiger partial charge in [-0.2, -0.15) is 0 Å². The molecule has 0 radical (unpaired) electrons. The molecule has 2 heterocycles. The van der Waals surface area contributed by atoms with Crippen molar-refractivity contribution < 1.29 is 4.74 Å². The zero-order valence-electron chi connectivity index (χ0n) is 12.8. The second kappa shape index (κ2) is 5.68. The fraction of sp³-hybridized carbons (Fsp3) is 0.471. The summed E-state index contributed by atoms with van der Waals surface area (Å²) in [7, 11) is 1.63. The third kappa shape index (κ3) is 2.77.